The fourth-order valence-electron chi connectivity index (χ4n) is 0.231. The summed E-state index contributed by atoms with van der Waals surface area (Å²) in [6.07, 6.45) is -0.167. The Balaban J connectivity index is -0.0000000939. The van der Waals surface area contributed by atoms with Gasteiger partial charge in [0.1, 0.15) is 0 Å². The van der Waals surface area contributed by atoms with Crippen molar-refractivity contribution in [3.05, 3.63) is 25.3 Å². The van der Waals surface area contributed by atoms with Crippen LogP contribution in [-0.2, 0) is 14.3 Å². The Hall–Kier alpha value is -2.43. The van der Waals surface area contributed by atoms with E-state index in [0.717, 1.165) is 12.2 Å². The van der Waals surface area contributed by atoms with Gasteiger partial charge in [0.25, 0.3) is 0 Å². The van der Waals surface area contributed by atoms with Crippen LogP contribution in [0.3, 0.4) is 0 Å². The normalized spacial score (nSPS) is 7.33. The molecule has 0 aliphatic heterocycles. The van der Waals surface area contributed by atoms with Crippen LogP contribution in [0.5, 0.6) is 0 Å². The van der Waals surface area contributed by atoms with Gasteiger partial charge in [0.05, 0.1) is 26.4 Å². The lowest BCUT2D eigenvalue weighted by Gasteiger charge is -1.94. The molecule has 6 N–H and O–H groups in total. The summed E-state index contributed by atoms with van der Waals surface area (Å²) in [4.78, 5) is 27.1. The molecule has 0 fully saturated rings. The Morgan fingerprint density at radius 1 is 0.810 bits per heavy atom. The van der Waals surface area contributed by atoms with E-state index in [1.54, 1.807) is 0 Å². The van der Waals surface area contributed by atoms with Crippen LogP contribution in [-0.4, -0.2) is 75.2 Å². The second-order valence-corrected chi connectivity index (χ2v) is 2.43. The van der Waals surface area contributed by atoms with Crippen LogP contribution in [0.25, 0.3) is 0 Å². The van der Waals surface area contributed by atoms with Crippen molar-refractivity contribution >= 4 is 18.1 Å². The van der Waals surface area contributed by atoms with Crippen LogP contribution in [0.15, 0.2) is 25.3 Å². The number of carboxylic acids is 2. The van der Waals surface area contributed by atoms with Crippen molar-refractivity contribution in [3.63, 3.8) is 0 Å². The van der Waals surface area contributed by atoms with Gasteiger partial charge in [-0.1, -0.05) is 13.2 Å². The lowest BCUT2D eigenvalue weighted by molar-refractivity contribution is -0.132. The third kappa shape index (κ3) is 137. The van der Waals surface area contributed by atoms with E-state index >= 15 is 0 Å². The molecule has 21 heavy (non-hydrogen) atoms. The van der Waals surface area contributed by atoms with Gasteiger partial charge in [-0.05, 0) is 0 Å². The number of hydrogen-bond donors (Lipinski definition) is 6. The summed E-state index contributed by atoms with van der Waals surface area (Å²) in [7, 11) is 0. The number of aliphatic hydroxyl groups is 2. The Kier molecular flexibility index (Phi) is 33.7. The van der Waals surface area contributed by atoms with E-state index in [2.05, 4.69) is 17.9 Å². The molecule has 0 saturated heterocycles. The van der Waals surface area contributed by atoms with E-state index < -0.39 is 18.1 Å². The summed E-state index contributed by atoms with van der Waals surface area (Å²) in [6.45, 7) is 6.62. The van der Waals surface area contributed by atoms with Gasteiger partial charge in [0, 0.05) is 12.2 Å². The minimum Gasteiger partial charge on any atom is -0.478 e. The molecule has 10 heteroatoms. The van der Waals surface area contributed by atoms with Gasteiger partial charge in [0.2, 0.25) is 0 Å². The molecule has 0 atom stereocenters. The average molecular weight is 312 g/mol. The number of aliphatic carboxylic acids is 2. The second-order valence-electron chi connectivity index (χ2n) is 2.43. The molecule has 0 heterocycles. The molecule has 0 aliphatic rings. The molecule has 0 amide bonds. The highest BCUT2D eigenvalue weighted by atomic mass is 16.6. The molecule has 0 rings (SSSR count). The fourth-order valence-corrected chi connectivity index (χ4v) is 0.231. The molecule has 0 aliphatic carbocycles. The maximum absolute atomic E-state index is 9.25. The van der Waals surface area contributed by atoms with Gasteiger partial charge in [-0.15, -0.1) is 0 Å². The van der Waals surface area contributed by atoms with Crippen LogP contribution in [0, 0.1) is 0 Å². The lowest BCUT2D eigenvalue weighted by Crippen LogP contribution is -2.03. The van der Waals surface area contributed by atoms with Crippen molar-refractivity contribution < 1.29 is 49.8 Å². The zero-order chi connectivity index (χ0) is 17.7. The molecular formula is C11H20O10. The summed E-state index contributed by atoms with van der Waals surface area (Å²) in [5.41, 5.74) is 0. The Labute approximate surface area is 120 Å². The molecule has 0 aromatic heterocycles. The maximum Gasteiger partial charge on any atom is 0.503 e. The number of carbonyl (C=O) groups is 3. The van der Waals surface area contributed by atoms with Gasteiger partial charge in [-0.25, -0.2) is 14.4 Å². The number of ether oxygens (including phenoxy) is 1. The maximum atomic E-state index is 9.25. The molecule has 0 saturated carbocycles. The van der Waals surface area contributed by atoms with Gasteiger partial charge in [-0.3, -0.25) is 0 Å². The Bertz CT molecular complexity index is 261. The van der Waals surface area contributed by atoms with Gasteiger partial charge < -0.3 is 35.4 Å². The topological polar surface area (TPSA) is 182 Å². The summed E-state index contributed by atoms with van der Waals surface area (Å²) >= 11 is 0. The number of aliphatic hydroxyl groups excluding tert-OH is 2. The van der Waals surface area contributed by atoms with E-state index in [9.17, 15) is 9.59 Å². The van der Waals surface area contributed by atoms with Crippen LogP contribution in [0.2, 0.25) is 0 Å². The van der Waals surface area contributed by atoms with Crippen molar-refractivity contribution in [3.8, 4) is 0 Å². The molecule has 0 aromatic carbocycles. The number of rotatable bonds is 6. The third-order valence-electron chi connectivity index (χ3n) is 0.820. The first kappa shape index (κ1) is 27.0. The van der Waals surface area contributed by atoms with Crippen molar-refractivity contribution in [2.75, 3.05) is 26.4 Å². The Morgan fingerprint density at radius 3 is 1.10 bits per heavy atom. The van der Waals surface area contributed by atoms with E-state index in [-0.39, 0.29) is 13.2 Å². The molecule has 0 unspecified atom stereocenters. The highest BCUT2D eigenvalue weighted by Crippen LogP contribution is 1.68. The molecule has 10 nitrogen and oxygen atoms in total. The number of hydrogen-bond acceptors (Lipinski definition) is 6. The summed E-state index contributed by atoms with van der Waals surface area (Å²) in [5, 5.41) is 45.3. The van der Waals surface area contributed by atoms with E-state index in [0.29, 0.717) is 13.2 Å². The zero-order valence-electron chi connectivity index (χ0n) is 11.2. The minimum atomic E-state index is -1.83. The van der Waals surface area contributed by atoms with Crippen molar-refractivity contribution in [1.29, 1.82) is 0 Å². The molecule has 0 radical (unpaired) electrons. The van der Waals surface area contributed by atoms with E-state index in [1.807, 2.05) is 0 Å². The van der Waals surface area contributed by atoms with Crippen molar-refractivity contribution in [1.82, 2.24) is 0 Å². The molecular weight excluding hydrogens is 292 g/mol. The van der Waals surface area contributed by atoms with Gasteiger partial charge in [0.15, 0.2) is 0 Å². The van der Waals surface area contributed by atoms with Crippen molar-refractivity contribution in [2.45, 2.75) is 0 Å². The zero-order valence-corrected chi connectivity index (χ0v) is 11.2. The summed E-state index contributed by atoms with van der Waals surface area (Å²) < 4.78 is 4.63. The second kappa shape index (κ2) is 26.2. The first-order valence-electron chi connectivity index (χ1n) is 5.11. The third-order valence-corrected chi connectivity index (χ3v) is 0.820. The average Bonchev–Trinajstić information content (AvgIpc) is 2.40. The molecule has 0 aromatic rings. The summed E-state index contributed by atoms with van der Waals surface area (Å²) in [6, 6.07) is 0. The summed E-state index contributed by atoms with van der Waals surface area (Å²) in [5.74, 6) is -1.96. The van der Waals surface area contributed by atoms with Crippen LogP contribution in [0.4, 0.5) is 4.79 Å². The smallest absolute Gasteiger partial charge is 0.478 e. The molecule has 124 valence electrons. The van der Waals surface area contributed by atoms with Crippen LogP contribution >= 0.6 is 0 Å². The minimum absolute atomic E-state index is 0.0278. The van der Waals surface area contributed by atoms with Crippen molar-refractivity contribution in [2.24, 2.45) is 0 Å². The van der Waals surface area contributed by atoms with E-state index in [4.69, 9.17) is 35.4 Å². The van der Waals surface area contributed by atoms with E-state index in [1.165, 1.54) is 0 Å². The predicted molar refractivity (Wildman–Crippen MR) is 71.3 cm³/mol. The van der Waals surface area contributed by atoms with Crippen LogP contribution < -0.4 is 0 Å². The standard InChI is InChI=1S/C4H10O3.2C3H4O2.CH2O3/c5-1-3-7-4-2-6;2*1-2-3(4)5;2-1(3)4/h5-6H,1-4H2;2*2H,1H2,(H,4,5);(H2,2,3,4). The molecule has 0 bridgehead atoms. The highest BCUT2D eigenvalue weighted by molar-refractivity contribution is 5.79. The largest absolute Gasteiger partial charge is 0.503 e. The quantitative estimate of drug-likeness (QED) is 0.282. The monoisotopic (exact) mass is 312 g/mol. The SMILES string of the molecule is C=CC(=O)O.C=CC(=O)O.O=C(O)O.OCCOCCO. The highest BCUT2D eigenvalue weighted by Gasteiger charge is 1.79. The number of carboxylic acid groups (broad SMARTS) is 4. The molecule has 0 spiro atoms. The van der Waals surface area contributed by atoms with Crippen LogP contribution in [0.1, 0.15) is 0 Å². The predicted octanol–water partition coefficient (Wildman–Crippen LogP) is -0.276. The lowest BCUT2D eigenvalue weighted by atomic mass is 10.7. The van der Waals surface area contributed by atoms with Gasteiger partial charge >= 0.3 is 18.1 Å². The fraction of sp³-hybridized carbons (Fsp3) is 0.364. The van der Waals surface area contributed by atoms with Gasteiger partial charge in [-0.2, -0.15) is 0 Å². The first-order valence-corrected chi connectivity index (χ1v) is 5.11. The first-order chi connectivity index (χ1) is 9.69. The Morgan fingerprint density at radius 2 is 1.00 bits per heavy atom.